The maximum atomic E-state index is 14.6. The molecule has 0 radical (unpaired) electrons. The fourth-order valence-corrected chi connectivity index (χ4v) is 2.68. The molecule has 3 aromatic rings. The van der Waals surface area contributed by atoms with Crippen molar-refractivity contribution in [2.24, 2.45) is 0 Å². The fraction of sp³-hybridized carbons (Fsp3) is 0.0625. The zero-order valence-corrected chi connectivity index (χ0v) is 14.3. The topological polar surface area (TPSA) is 77.2 Å². The van der Waals surface area contributed by atoms with Gasteiger partial charge in [-0.1, -0.05) is 0 Å². The largest absolute Gasteiger partial charge is 0.494 e. The minimum Gasteiger partial charge on any atom is -0.494 e. The van der Waals surface area contributed by atoms with Crippen molar-refractivity contribution in [1.82, 2.24) is 14.8 Å². The number of carboxylic acids is 1. The molecule has 3 rings (SSSR count). The van der Waals surface area contributed by atoms with Gasteiger partial charge in [0.2, 0.25) is 0 Å². The van der Waals surface area contributed by atoms with E-state index < -0.39 is 22.1 Å². The van der Waals surface area contributed by atoms with Crippen LogP contribution in [0.4, 0.5) is 8.78 Å². The lowest BCUT2D eigenvalue weighted by atomic mass is 10.1. The van der Waals surface area contributed by atoms with Crippen LogP contribution in [0.1, 0.15) is 10.5 Å². The molecule has 0 aliphatic carbocycles. The predicted octanol–water partition coefficient (Wildman–Crippen LogP) is 3.68. The molecule has 1 aromatic carbocycles. The number of aromatic nitrogens is 3. The van der Waals surface area contributed by atoms with Crippen molar-refractivity contribution in [3.8, 4) is 22.7 Å². The van der Waals surface area contributed by atoms with Crippen LogP contribution in [0.15, 0.2) is 41.1 Å². The number of hydrogen-bond acceptors (Lipinski definition) is 4. The van der Waals surface area contributed by atoms with Crippen molar-refractivity contribution in [2.75, 3.05) is 7.11 Å². The lowest BCUT2D eigenvalue weighted by molar-refractivity contribution is 0.0690. The first-order valence-electron chi connectivity index (χ1n) is 6.89. The molecule has 0 aliphatic heterocycles. The van der Waals surface area contributed by atoms with E-state index in [9.17, 15) is 18.7 Å². The summed E-state index contributed by atoms with van der Waals surface area (Å²) in [5, 5.41) is 13.2. The molecule has 25 heavy (non-hydrogen) atoms. The summed E-state index contributed by atoms with van der Waals surface area (Å²) >= 11 is 2.85. The quantitative estimate of drug-likeness (QED) is 0.665. The molecule has 2 aromatic heterocycles. The zero-order chi connectivity index (χ0) is 18.1. The normalized spacial score (nSPS) is 10.7. The van der Waals surface area contributed by atoms with Crippen LogP contribution in [0.5, 0.6) is 5.75 Å². The highest BCUT2D eigenvalue weighted by atomic mass is 79.9. The van der Waals surface area contributed by atoms with E-state index in [1.54, 1.807) is 12.1 Å². The molecule has 6 nitrogen and oxygen atoms in total. The second-order valence-corrected chi connectivity index (χ2v) is 5.70. The minimum atomic E-state index is -1.28. The summed E-state index contributed by atoms with van der Waals surface area (Å²) < 4.78 is 34.3. The van der Waals surface area contributed by atoms with E-state index in [1.165, 1.54) is 30.3 Å². The SMILES string of the molecule is COc1cc(-c2cc(C(=O)O)nn2-c2cccnc2)c(F)c(Br)c1F. The number of halogens is 3. The van der Waals surface area contributed by atoms with Gasteiger partial charge < -0.3 is 9.84 Å². The number of benzene rings is 1. The molecule has 9 heteroatoms. The van der Waals surface area contributed by atoms with Gasteiger partial charge in [-0.25, -0.2) is 18.3 Å². The van der Waals surface area contributed by atoms with Crippen molar-refractivity contribution in [3.63, 3.8) is 0 Å². The van der Waals surface area contributed by atoms with Gasteiger partial charge in [0.05, 0.1) is 29.2 Å². The van der Waals surface area contributed by atoms with E-state index in [4.69, 9.17) is 4.74 Å². The number of nitrogens with zero attached hydrogens (tertiary/aromatic N) is 3. The molecule has 2 heterocycles. The molecule has 0 fully saturated rings. The van der Waals surface area contributed by atoms with Crippen LogP contribution in [0.25, 0.3) is 16.9 Å². The Balaban J connectivity index is 2.31. The van der Waals surface area contributed by atoms with Gasteiger partial charge in [-0.15, -0.1) is 0 Å². The zero-order valence-electron chi connectivity index (χ0n) is 12.7. The van der Waals surface area contributed by atoms with Crippen LogP contribution in [0, 0.1) is 11.6 Å². The molecule has 0 atom stereocenters. The number of rotatable bonds is 4. The molecule has 0 amide bonds. The molecule has 0 saturated heterocycles. The van der Waals surface area contributed by atoms with Gasteiger partial charge in [0.15, 0.2) is 17.3 Å². The Morgan fingerprint density at radius 3 is 2.68 bits per heavy atom. The summed E-state index contributed by atoms with van der Waals surface area (Å²) in [6.45, 7) is 0. The van der Waals surface area contributed by atoms with Crippen molar-refractivity contribution in [3.05, 3.63) is 58.5 Å². The van der Waals surface area contributed by atoms with Crippen LogP contribution in [0.3, 0.4) is 0 Å². The summed E-state index contributed by atoms with van der Waals surface area (Å²) in [7, 11) is 1.24. The Labute approximate surface area is 148 Å². The lowest BCUT2D eigenvalue weighted by Crippen LogP contribution is -2.04. The van der Waals surface area contributed by atoms with E-state index in [0.717, 1.165) is 6.07 Å². The molecule has 128 valence electrons. The summed E-state index contributed by atoms with van der Waals surface area (Å²) in [4.78, 5) is 15.2. The van der Waals surface area contributed by atoms with Crippen LogP contribution in [-0.2, 0) is 0 Å². The molecule has 0 bridgehead atoms. The molecule has 1 N–H and O–H groups in total. The summed E-state index contributed by atoms with van der Waals surface area (Å²) in [6, 6.07) is 5.59. The number of hydrogen-bond donors (Lipinski definition) is 1. The first-order valence-corrected chi connectivity index (χ1v) is 7.69. The standard InChI is InChI=1S/C16H10BrF2N3O3/c1-25-12-5-9(14(18)13(17)15(12)19)11-6-10(16(23)24)21-22(11)8-3-2-4-20-7-8/h2-7H,1H3,(H,23,24). The van der Waals surface area contributed by atoms with Crippen molar-refractivity contribution < 1.29 is 23.4 Å². The van der Waals surface area contributed by atoms with Crippen molar-refractivity contribution in [1.29, 1.82) is 0 Å². The van der Waals surface area contributed by atoms with Gasteiger partial charge >= 0.3 is 5.97 Å². The third kappa shape index (κ3) is 2.98. The van der Waals surface area contributed by atoms with E-state index in [0.29, 0.717) is 5.69 Å². The Morgan fingerprint density at radius 1 is 1.32 bits per heavy atom. The van der Waals surface area contributed by atoms with Gasteiger partial charge in [-0.05, 0) is 40.2 Å². The third-order valence-electron chi connectivity index (χ3n) is 3.43. The predicted molar refractivity (Wildman–Crippen MR) is 87.9 cm³/mol. The summed E-state index contributed by atoms with van der Waals surface area (Å²) in [6.07, 6.45) is 2.97. The van der Waals surface area contributed by atoms with Gasteiger partial charge in [-0.2, -0.15) is 5.10 Å². The number of carboxylic acid groups (broad SMARTS) is 1. The molecular weight excluding hydrogens is 400 g/mol. The number of pyridine rings is 1. The first kappa shape index (κ1) is 17.0. The van der Waals surface area contributed by atoms with Gasteiger partial charge in [0.25, 0.3) is 0 Å². The van der Waals surface area contributed by atoms with Crippen LogP contribution in [0.2, 0.25) is 0 Å². The van der Waals surface area contributed by atoms with E-state index in [2.05, 4.69) is 26.0 Å². The van der Waals surface area contributed by atoms with Crippen LogP contribution < -0.4 is 4.74 Å². The maximum absolute atomic E-state index is 14.6. The highest BCUT2D eigenvalue weighted by Gasteiger charge is 2.23. The Kier molecular flexibility index (Phi) is 4.49. The number of methoxy groups -OCH3 is 1. The first-order chi connectivity index (χ1) is 11.9. The Hall–Kier alpha value is -2.81. The lowest BCUT2D eigenvalue weighted by Gasteiger charge is -2.12. The van der Waals surface area contributed by atoms with E-state index in [-0.39, 0.29) is 22.7 Å². The third-order valence-corrected chi connectivity index (χ3v) is 4.12. The van der Waals surface area contributed by atoms with Crippen molar-refractivity contribution in [2.45, 2.75) is 0 Å². The second-order valence-electron chi connectivity index (χ2n) is 4.91. The monoisotopic (exact) mass is 409 g/mol. The van der Waals surface area contributed by atoms with Gasteiger partial charge in [-0.3, -0.25) is 4.98 Å². The average Bonchev–Trinajstić information content (AvgIpc) is 3.06. The van der Waals surface area contributed by atoms with Gasteiger partial charge in [0, 0.05) is 11.8 Å². The van der Waals surface area contributed by atoms with Crippen LogP contribution in [-0.4, -0.2) is 33.0 Å². The minimum absolute atomic E-state index is 0.0750. The fourth-order valence-electron chi connectivity index (χ4n) is 2.27. The molecular formula is C16H10BrF2N3O3. The molecule has 0 saturated carbocycles. The maximum Gasteiger partial charge on any atom is 0.356 e. The summed E-state index contributed by atoms with van der Waals surface area (Å²) in [5.41, 5.74) is 0.164. The highest BCUT2D eigenvalue weighted by Crippen LogP contribution is 2.36. The van der Waals surface area contributed by atoms with Crippen LogP contribution >= 0.6 is 15.9 Å². The number of aromatic carboxylic acids is 1. The Bertz CT molecular complexity index is 961. The Morgan fingerprint density at radius 2 is 2.08 bits per heavy atom. The van der Waals surface area contributed by atoms with Crippen molar-refractivity contribution >= 4 is 21.9 Å². The highest BCUT2D eigenvalue weighted by molar-refractivity contribution is 9.10. The van der Waals surface area contributed by atoms with Gasteiger partial charge in [0.1, 0.15) is 5.82 Å². The smallest absolute Gasteiger partial charge is 0.356 e. The molecule has 0 unspecified atom stereocenters. The number of ether oxygens (including phenoxy) is 1. The number of carbonyl (C=O) groups is 1. The van der Waals surface area contributed by atoms with E-state index >= 15 is 0 Å². The average molecular weight is 410 g/mol. The summed E-state index contributed by atoms with van der Waals surface area (Å²) in [5.74, 6) is -3.27. The van der Waals surface area contributed by atoms with E-state index in [1.807, 2.05) is 0 Å². The molecule has 0 spiro atoms. The second kappa shape index (κ2) is 6.60. The molecule has 0 aliphatic rings.